The summed E-state index contributed by atoms with van der Waals surface area (Å²) in [5.74, 6) is -1.34. The molecule has 0 aliphatic heterocycles. The first-order chi connectivity index (χ1) is 7.06. The fraction of sp³-hybridized carbons (Fsp3) is 0.200. The van der Waals surface area contributed by atoms with Crippen LogP contribution in [-0.4, -0.2) is 34.2 Å². The van der Waals surface area contributed by atoms with E-state index < -0.39 is 5.97 Å². The molecule has 5 heteroatoms. The number of carbonyl (C=O) groups is 2. The number of hydrogen-bond donors (Lipinski definition) is 3. The number of phenols is 1. The maximum Gasteiger partial charge on any atom is 0.335 e. The van der Waals surface area contributed by atoms with Gasteiger partial charge < -0.3 is 15.3 Å². The number of carboxylic acid groups (broad SMARTS) is 1. The Balaban J connectivity index is 0.000000583. The maximum absolute atomic E-state index is 10.4. The number of benzene rings is 1. The van der Waals surface area contributed by atoms with Crippen molar-refractivity contribution in [3.63, 3.8) is 0 Å². The summed E-state index contributed by atoms with van der Waals surface area (Å²) in [7, 11) is 0. The number of hydrogen-bond acceptors (Lipinski definition) is 4. The third-order valence-electron chi connectivity index (χ3n) is 1.40. The van der Waals surface area contributed by atoms with Gasteiger partial charge in [0.05, 0.1) is 11.1 Å². The molecule has 0 spiro atoms. The lowest BCUT2D eigenvalue weighted by Crippen LogP contribution is -1.96. The third-order valence-corrected chi connectivity index (χ3v) is 1.40. The van der Waals surface area contributed by atoms with Gasteiger partial charge in [-0.25, -0.2) is 4.79 Å². The van der Waals surface area contributed by atoms with Gasteiger partial charge in [0.15, 0.2) is 6.29 Å². The summed E-state index contributed by atoms with van der Waals surface area (Å²) in [6.07, 6.45) is 0.405. The van der Waals surface area contributed by atoms with E-state index in [-0.39, 0.29) is 23.5 Å². The second-order valence-electron chi connectivity index (χ2n) is 2.51. The van der Waals surface area contributed by atoms with Gasteiger partial charge in [0.25, 0.3) is 0 Å². The molecule has 0 unspecified atom stereocenters. The molecule has 82 valence electrons. The van der Waals surface area contributed by atoms with Crippen LogP contribution in [0.1, 0.15) is 27.6 Å². The normalized spacial score (nSPS) is 8.67. The van der Waals surface area contributed by atoms with Gasteiger partial charge in [-0.3, -0.25) is 4.79 Å². The number of aromatic hydroxyl groups is 1. The Morgan fingerprint density at radius 2 is 2.00 bits per heavy atom. The van der Waals surface area contributed by atoms with Crippen LogP contribution in [0.2, 0.25) is 0 Å². The Bertz CT molecular complexity index is 346. The second kappa shape index (κ2) is 6.56. The highest BCUT2D eigenvalue weighted by molar-refractivity contribution is 5.91. The van der Waals surface area contributed by atoms with Crippen molar-refractivity contribution >= 4 is 12.3 Å². The lowest BCUT2D eigenvalue weighted by atomic mass is 10.1. The molecule has 5 nitrogen and oxygen atoms in total. The van der Waals surface area contributed by atoms with E-state index in [4.69, 9.17) is 15.3 Å². The van der Waals surface area contributed by atoms with Gasteiger partial charge in [-0.05, 0) is 25.1 Å². The van der Waals surface area contributed by atoms with E-state index in [0.717, 1.165) is 6.07 Å². The number of aldehydes is 1. The zero-order valence-corrected chi connectivity index (χ0v) is 8.17. The van der Waals surface area contributed by atoms with E-state index in [1.165, 1.54) is 12.1 Å². The quantitative estimate of drug-likeness (QED) is 0.633. The minimum atomic E-state index is -1.13. The van der Waals surface area contributed by atoms with Crippen LogP contribution in [-0.2, 0) is 0 Å². The van der Waals surface area contributed by atoms with Crippen molar-refractivity contribution in [1.82, 2.24) is 0 Å². The first-order valence-electron chi connectivity index (χ1n) is 4.19. The molecular weight excluding hydrogens is 200 g/mol. The molecule has 0 fully saturated rings. The average Bonchev–Trinajstić information content (AvgIpc) is 2.19. The second-order valence-corrected chi connectivity index (χ2v) is 2.51. The Hall–Kier alpha value is -1.88. The molecule has 3 N–H and O–H groups in total. The minimum absolute atomic E-state index is 0.0186. The molecule has 0 aliphatic carbocycles. The van der Waals surface area contributed by atoms with Gasteiger partial charge in [0, 0.05) is 6.61 Å². The Morgan fingerprint density at radius 1 is 1.47 bits per heavy atom. The molecule has 0 saturated carbocycles. The summed E-state index contributed by atoms with van der Waals surface area (Å²) in [6, 6.07) is 3.52. The van der Waals surface area contributed by atoms with Crippen LogP contribution in [0.15, 0.2) is 18.2 Å². The molecule has 1 rings (SSSR count). The van der Waals surface area contributed by atoms with E-state index in [1.807, 2.05) is 0 Å². The Labute approximate surface area is 86.6 Å². The van der Waals surface area contributed by atoms with Gasteiger partial charge in [-0.15, -0.1) is 0 Å². The van der Waals surface area contributed by atoms with E-state index in [1.54, 1.807) is 6.92 Å². The lowest BCUT2D eigenvalue weighted by molar-refractivity contribution is 0.0697. The van der Waals surface area contributed by atoms with Gasteiger partial charge in [-0.2, -0.15) is 0 Å². The molecule has 15 heavy (non-hydrogen) atoms. The number of carbonyl (C=O) groups excluding carboxylic acids is 1. The largest absolute Gasteiger partial charge is 0.507 e. The number of rotatable bonds is 2. The fourth-order valence-electron chi connectivity index (χ4n) is 0.782. The zero-order chi connectivity index (χ0) is 11.8. The van der Waals surface area contributed by atoms with E-state index in [9.17, 15) is 9.59 Å². The highest BCUT2D eigenvalue weighted by Crippen LogP contribution is 2.15. The van der Waals surface area contributed by atoms with E-state index >= 15 is 0 Å². The van der Waals surface area contributed by atoms with Crippen molar-refractivity contribution in [3.8, 4) is 5.75 Å². The SMILES string of the molecule is CCO.O=Cc1cc(C(=O)O)ccc1O. The fourth-order valence-corrected chi connectivity index (χ4v) is 0.782. The van der Waals surface area contributed by atoms with Crippen molar-refractivity contribution in [3.05, 3.63) is 29.3 Å². The molecular formula is C10H12O5. The Morgan fingerprint density at radius 3 is 2.40 bits per heavy atom. The number of aliphatic hydroxyl groups is 1. The predicted octanol–water partition coefficient (Wildman–Crippen LogP) is 0.901. The van der Waals surface area contributed by atoms with Crippen molar-refractivity contribution in [2.24, 2.45) is 0 Å². The summed E-state index contributed by atoms with van der Waals surface area (Å²) in [5, 5.41) is 25.1. The van der Waals surface area contributed by atoms with Crippen molar-refractivity contribution in [2.45, 2.75) is 6.92 Å². The van der Waals surface area contributed by atoms with Crippen molar-refractivity contribution in [1.29, 1.82) is 0 Å². The third kappa shape index (κ3) is 4.24. The van der Waals surface area contributed by atoms with E-state index in [0.29, 0.717) is 6.29 Å². The van der Waals surface area contributed by atoms with Gasteiger partial charge >= 0.3 is 5.97 Å². The van der Waals surface area contributed by atoms with Crippen LogP contribution in [0.3, 0.4) is 0 Å². The predicted molar refractivity (Wildman–Crippen MR) is 53.2 cm³/mol. The van der Waals surface area contributed by atoms with Crippen LogP contribution in [0.25, 0.3) is 0 Å². The highest BCUT2D eigenvalue weighted by Gasteiger charge is 2.06. The molecule has 0 radical (unpaired) electrons. The van der Waals surface area contributed by atoms with Crippen LogP contribution in [0.4, 0.5) is 0 Å². The molecule has 0 amide bonds. The standard InChI is InChI=1S/C8H6O4.C2H6O/c9-4-6-3-5(8(11)12)1-2-7(6)10;1-2-3/h1-4,10H,(H,11,12);3H,2H2,1H3. The average molecular weight is 212 g/mol. The lowest BCUT2D eigenvalue weighted by Gasteiger charge is -1.97. The number of carboxylic acids is 1. The van der Waals surface area contributed by atoms with Gasteiger partial charge in [0.1, 0.15) is 5.75 Å². The summed E-state index contributed by atoms with van der Waals surface area (Å²) >= 11 is 0. The van der Waals surface area contributed by atoms with Crippen LogP contribution in [0, 0.1) is 0 Å². The molecule has 0 atom stereocenters. The summed E-state index contributed by atoms with van der Waals surface area (Å²) in [6.45, 7) is 1.93. The molecule has 1 aromatic rings. The number of phenolic OH excluding ortho intramolecular Hbond substituents is 1. The van der Waals surface area contributed by atoms with E-state index in [2.05, 4.69) is 0 Å². The molecule has 0 saturated heterocycles. The molecule has 0 aliphatic rings. The smallest absolute Gasteiger partial charge is 0.335 e. The van der Waals surface area contributed by atoms with Crippen LogP contribution >= 0.6 is 0 Å². The van der Waals surface area contributed by atoms with Crippen LogP contribution in [0.5, 0.6) is 5.75 Å². The molecule has 0 heterocycles. The number of aliphatic hydroxyl groups excluding tert-OH is 1. The minimum Gasteiger partial charge on any atom is -0.507 e. The van der Waals surface area contributed by atoms with Gasteiger partial charge in [0.2, 0.25) is 0 Å². The monoisotopic (exact) mass is 212 g/mol. The highest BCUT2D eigenvalue weighted by atomic mass is 16.4. The molecule has 1 aromatic carbocycles. The summed E-state index contributed by atoms with van der Waals surface area (Å²) in [4.78, 5) is 20.6. The summed E-state index contributed by atoms with van der Waals surface area (Å²) in [5.41, 5.74) is -0.0372. The van der Waals surface area contributed by atoms with Gasteiger partial charge in [-0.1, -0.05) is 0 Å². The first-order valence-corrected chi connectivity index (χ1v) is 4.19. The maximum atomic E-state index is 10.4. The molecule has 0 bridgehead atoms. The van der Waals surface area contributed by atoms with Crippen LogP contribution < -0.4 is 0 Å². The first kappa shape index (κ1) is 13.1. The Kier molecular flexibility index (Phi) is 5.73. The topological polar surface area (TPSA) is 94.8 Å². The van der Waals surface area contributed by atoms with Crippen molar-refractivity contribution < 1.29 is 24.9 Å². The summed E-state index contributed by atoms with van der Waals surface area (Å²) < 4.78 is 0. The van der Waals surface area contributed by atoms with Crippen molar-refractivity contribution in [2.75, 3.05) is 6.61 Å². The molecule has 0 aromatic heterocycles. The number of aromatic carboxylic acids is 1. The zero-order valence-electron chi connectivity index (χ0n) is 8.17.